The number of hydrogen-bond donors (Lipinski definition) is 2. The third kappa shape index (κ3) is 1.61. The number of nitro groups is 2. The summed E-state index contributed by atoms with van der Waals surface area (Å²) in [7, 11) is 0. The number of anilines is 1. The van der Waals surface area contributed by atoms with Gasteiger partial charge in [-0.3, -0.25) is 25.7 Å². The number of nitrogens with one attached hydrogen (secondary N) is 2. The van der Waals surface area contributed by atoms with Crippen molar-refractivity contribution in [1.82, 2.24) is 10.3 Å². The number of rotatable bonds is 2. The summed E-state index contributed by atoms with van der Waals surface area (Å²) in [5.74, 6) is 0.548. The molecule has 2 aliphatic heterocycles. The molecule has 0 aromatic heterocycles. The van der Waals surface area contributed by atoms with Crippen LogP contribution in [0.3, 0.4) is 0 Å². The maximum atomic E-state index is 10.9. The molecule has 19 heavy (non-hydrogen) atoms. The summed E-state index contributed by atoms with van der Waals surface area (Å²) in [5, 5.41) is 28.8. The minimum absolute atomic E-state index is 0.438. The molecule has 10 heteroatoms. The summed E-state index contributed by atoms with van der Waals surface area (Å²) in [6.07, 6.45) is 0. The Bertz CT molecular complexity index is 627. The minimum Gasteiger partial charge on any atom is -0.367 e. The predicted molar refractivity (Wildman–Crippen MR) is 64.6 cm³/mol. The molecule has 0 saturated carbocycles. The van der Waals surface area contributed by atoms with Gasteiger partial charge in [-0.1, -0.05) is 0 Å². The maximum absolute atomic E-state index is 10.9. The SMILES string of the molecule is O=[N+]([O-])c1cc2c(cc1[N+](=O)[O-])C1=NNCN1CN2. The molecule has 0 amide bonds. The lowest BCUT2D eigenvalue weighted by Gasteiger charge is -2.27. The first-order chi connectivity index (χ1) is 9.08. The van der Waals surface area contributed by atoms with Crippen molar-refractivity contribution >= 4 is 22.9 Å². The van der Waals surface area contributed by atoms with E-state index in [4.69, 9.17) is 0 Å². The van der Waals surface area contributed by atoms with Crippen LogP contribution in [0, 0.1) is 20.2 Å². The van der Waals surface area contributed by atoms with Gasteiger partial charge in [0.2, 0.25) is 0 Å². The van der Waals surface area contributed by atoms with Crippen LogP contribution in [0.25, 0.3) is 0 Å². The van der Waals surface area contributed by atoms with Gasteiger partial charge in [-0.05, 0) is 0 Å². The molecule has 0 unspecified atom stereocenters. The van der Waals surface area contributed by atoms with E-state index >= 15 is 0 Å². The summed E-state index contributed by atoms with van der Waals surface area (Å²) >= 11 is 0. The normalized spacial score (nSPS) is 15.8. The molecule has 2 N–H and O–H groups in total. The molecule has 1 aromatic carbocycles. The lowest BCUT2D eigenvalue weighted by Crippen LogP contribution is -2.38. The van der Waals surface area contributed by atoms with E-state index in [1.54, 1.807) is 0 Å². The first-order valence-corrected chi connectivity index (χ1v) is 5.34. The van der Waals surface area contributed by atoms with Gasteiger partial charge in [0.1, 0.15) is 6.67 Å². The Kier molecular flexibility index (Phi) is 2.24. The largest absolute Gasteiger partial charge is 0.367 e. The molecule has 0 bridgehead atoms. The molecule has 0 radical (unpaired) electrons. The molecule has 0 saturated heterocycles. The average Bonchev–Trinajstić information content (AvgIpc) is 2.85. The van der Waals surface area contributed by atoms with Gasteiger partial charge in [-0.15, -0.1) is 0 Å². The summed E-state index contributed by atoms with van der Waals surface area (Å²) in [6, 6.07) is 2.35. The van der Waals surface area contributed by atoms with Crippen molar-refractivity contribution in [3.8, 4) is 0 Å². The second-order valence-corrected chi connectivity index (χ2v) is 4.03. The van der Waals surface area contributed by atoms with E-state index in [1.165, 1.54) is 12.1 Å². The van der Waals surface area contributed by atoms with E-state index in [0.717, 1.165) is 0 Å². The molecule has 0 atom stereocenters. The van der Waals surface area contributed by atoms with Gasteiger partial charge in [-0.25, -0.2) is 0 Å². The van der Waals surface area contributed by atoms with Crippen molar-refractivity contribution < 1.29 is 9.85 Å². The highest BCUT2D eigenvalue weighted by Crippen LogP contribution is 2.35. The van der Waals surface area contributed by atoms with Crippen LogP contribution in [0.4, 0.5) is 17.1 Å². The number of amidine groups is 1. The number of benzene rings is 1. The van der Waals surface area contributed by atoms with Crippen LogP contribution < -0.4 is 10.7 Å². The lowest BCUT2D eigenvalue weighted by molar-refractivity contribution is -0.422. The summed E-state index contributed by atoms with van der Waals surface area (Å²) < 4.78 is 0. The predicted octanol–water partition coefficient (Wildman–Crippen LogP) is 0.410. The Morgan fingerprint density at radius 3 is 2.53 bits per heavy atom. The zero-order valence-corrected chi connectivity index (χ0v) is 9.49. The fourth-order valence-electron chi connectivity index (χ4n) is 2.08. The summed E-state index contributed by atoms with van der Waals surface area (Å²) in [5.41, 5.74) is 2.64. The Morgan fingerprint density at radius 2 is 1.84 bits per heavy atom. The van der Waals surface area contributed by atoms with E-state index in [-0.39, 0.29) is 0 Å². The fourth-order valence-corrected chi connectivity index (χ4v) is 2.08. The zero-order chi connectivity index (χ0) is 13.6. The smallest absolute Gasteiger partial charge is 0.348 e. The van der Waals surface area contributed by atoms with Crippen LogP contribution in [-0.4, -0.2) is 33.9 Å². The molecular weight excluding hydrogens is 256 g/mol. The van der Waals surface area contributed by atoms with Crippen molar-refractivity contribution in [2.24, 2.45) is 5.10 Å². The third-order valence-corrected chi connectivity index (χ3v) is 2.96. The van der Waals surface area contributed by atoms with Crippen molar-refractivity contribution in [2.45, 2.75) is 0 Å². The van der Waals surface area contributed by atoms with E-state index in [2.05, 4.69) is 15.8 Å². The second kappa shape index (κ2) is 3.80. The summed E-state index contributed by atoms with van der Waals surface area (Å²) in [6.45, 7) is 0.931. The Hall–Kier alpha value is -2.91. The fraction of sp³-hybridized carbons (Fsp3) is 0.222. The van der Waals surface area contributed by atoms with Crippen molar-refractivity contribution in [3.05, 3.63) is 37.9 Å². The van der Waals surface area contributed by atoms with Crippen molar-refractivity contribution in [2.75, 3.05) is 18.7 Å². The highest BCUT2D eigenvalue weighted by atomic mass is 16.6. The van der Waals surface area contributed by atoms with Gasteiger partial charge in [0.25, 0.3) is 0 Å². The maximum Gasteiger partial charge on any atom is 0.348 e. The van der Waals surface area contributed by atoms with Crippen LogP contribution in [0.1, 0.15) is 5.56 Å². The molecule has 98 valence electrons. The standard InChI is InChI=1S/C9H8N6O4/c16-14(17)7-1-5-6(2-8(7)15(18)19)10-3-13-4-11-12-9(5)13/h1-2,10-11H,3-4H2. The number of hydrogen-bond acceptors (Lipinski definition) is 8. The average molecular weight is 264 g/mol. The zero-order valence-electron chi connectivity index (χ0n) is 9.49. The van der Waals surface area contributed by atoms with Crippen LogP contribution in [0.15, 0.2) is 17.2 Å². The van der Waals surface area contributed by atoms with Gasteiger partial charge in [0.15, 0.2) is 5.84 Å². The van der Waals surface area contributed by atoms with E-state index in [9.17, 15) is 20.2 Å². The van der Waals surface area contributed by atoms with Gasteiger partial charge >= 0.3 is 11.4 Å². The van der Waals surface area contributed by atoms with E-state index in [0.29, 0.717) is 30.4 Å². The molecule has 1 aromatic rings. The number of nitro benzene ring substituents is 2. The Labute approximate surface area is 106 Å². The van der Waals surface area contributed by atoms with Crippen LogP contribution in [0.2, 0.25) is 0 Å². The van der Waals surface area contributed by atoms with Crippen molar-refractivity contribution in [3.63, 3.8) is 0 Å². The van der Waals surface area contributed by atoms with Gasteiger partial charge in [0.05, 0.1) is 22.2 Å². The lowest BCUT2D eigenvalue weighted by atomic mass is 10.1. The minimum atomic E-state index is -0.764. The van der Waals surface area contributed by atoms with Gasteiger partial charge in [0, 0.05) is 17.7 Å². The topological polar surface area (TPSA) is 126 Å². The molecule has 0 aliphatic carbocycles. The molecule has 2 aliphatic rings. The van der Waals surface area contributed by atoms with E-state index < -0.39 is 21.2 Å². The van der Waals surface area contributed by atoms with Crippen molar-refractivity contribution in [1.29, 1.82) is 0 Å². The molecule has 3 rings (SSSR count). The summed E-state index contributed by atoms with van der Waals surface area (Å²) in [4.78, 5) is 22.1. The molecule has 2 heterocycles. The van der Waals surface area contributed by atoms with Crippen LogP contribution in [0.5, 0.6) is 0 Å². The molecule has 0 fully saturated rings. The molecular formula is C9H8N6O4. The Morgan fingerprint density at radius 1 is 1.16 bits per heavy atom. The second-order valence-electron chi connectivity index (χ2n) is 4.03. The molecule has 0 spiro atoms. The van der Waals surface area contributed by atoms with Crippen LogP contribution in [-0.2, 0) is 0 Å². The van der Waals surface area contributed by atoms with E-state index in [1.807, 2.05) is 4.90 Å². The van der Waals surface area contributed by atoms with Gasteiger partial charge < -0.3 is 10.2 Å². The quantitative estimate of drug-likeness (QED) is 0.585. The first kappa shape index (κ1) is 11.2. The molecule has 10 nitrogen and oxygen atoms in total. The van der Waals surface area contributed by atoms with Gasteiger partial charge in [-0.2, -0.15) is 5.10 Å². The number of hydrazone groups is 1. The highest BCUT2D eigenvalue weighted by Gasteiger charge is 2.33. The number of fused-ring (bicyclic) bond motifs is 3. The highest BCUT2D eigenvalue weighted by molar-refractivity contribution is 6.06. The van der Waals surface area contributed by atoms with Crippen LogP contribution >= 0.6 is 0 Å². The Balaban J connectivity index is 2.20. The first-order valence-electron chi connectivity index (χ1n) is 5.34. The monoisotopic (exact) mass is 264 g/mol. The number of nitrogens with zero attached hydrogens (tertiary/aromatic N) is 4. The third-order valence-electron chi connectivity index (χ3n) is 2.96.